The molecule has 0 spiro atoms. The lowest BCUT2D eigenvalue weighted by atomic mass is 9.93. The Kier molecular flexibility index (Phi) is 2.57. The molecule has 0 radical (unpaired) electrons. The van der Waals surface area contributed by atoms with Crippen LogP contribution >= 0.6 is 0 Å². The molecule has 0 aromatic rings. The molecule has 4 unspecified atom stereocenters. The van der Waals surface area contributed by atoms with E-state index in [2.05, 4.69) is 23.1 Å². The number of nitrogens with one attached hydrogen (secondary N) is 1. The second-order valence-electron chi connectivity index (χ2n) is 4.30. The molecule has 0 aromatic heterocycles. The molecular formula is C11H18N2. The summed E-state index contributed by atoms with van der Waals surface area (Å²) in [5.41, 5.74) is 0. The summed E-state index contributed by atoms with van der Waals surface area (Å²) in [4.78, 5) is 2.56. The van der Waals surface area contributed by atoms with Crippen molar-refractivity contribution in [1.29, 1.82) is 0 Å². The fourth-order valence-electron chi connectivity index (χ4n) is 2.54. The van der Waals surface area contributed by atoms with Crippen LogP contribution in [0.3, 0.4) is 0 Å². The molecule has 2 nitrogen and oxygen atoms in total. The first kappa shape index (κ1) is 9.05. The van der Waals surface area contributed by atoms with E-state index in [1.165, 1.54) is 32.5 Å². The molecule has 2 heterocycles. The molecule has 2 bridgehead atoms. The van der Waals surface area contributed by atoms with Gasteiger partial charge in [-0.1, -0.05) is 5.92 Å². The van der Waals surface area contributed by atoms with Crippen molar-refractivity contribution in [2.75, 3.05) is 19.6 Å². The van der Waals surface area contributed by atoms with Crippen LogP contribution in [-0.4, -0.2) is 36.6 Å². The van der Waals surface area contributed by atoms with Crippen molar-refractivity contribution in [1.82, 2.24) is 10.2 Å². The van der Waals surface area contributed by atoms with Gasteiger partial charge in [-0.3, -0.25) is 0 Å². The number of hydrogen-bond donors (Lipinski definition) is 1. The molecule has 2 heteroatoms. The summed E-state index contributed by atoms with van der Waals surface area (Å²) in [5.74, 6) is 3.60. The van der Waals surface area contributed by atoms with E-state index >= 15 is 0 Å². The van der Waals surface area contributed by atoms with E-state index in [1.54, 1.807) is 0 Å². The molecule has 2 saturated heterocycles. The Morgan fingerprint density at radius 3 is 3.00 bits per heavy atom. The Morgan fingerprint density at radius 2 is 2.23 bits per heavy atom. The Balaban J connectivity index is 1.89. The molecule has 13 heavy (non-hydrogen) atoms. The monoisotopic (exact) mass is 178 g/mol. The molecule has 0 aliphatic carbocycles. The lowest BCUT2D eigenvalue weighted by Gasteiger charge is -2.32. The second kappa shape index (κ2) is 3.69. The smallest absolute Gasteiger partial charge is 0.0660 e. The van der Waals surface area contributed by atoms with Gasteiger partial charge in [0.05, 0.1) is 6.04 Å². The van der Waals surface area contributed by atoms with Crippen molar-refractivity contribution < 1.29 is 0 Å². The fourth-order valence-corrected chi connectivity index (χ4v) is 2.54. The first-order valence-corrected chi connectivity index (χ1v) is 5.24. The third-order valence-corrected chi connectivity index (χ3v) is 3.35. The number of hydrogen-bond acceptors (Lipinski definition) is 2. The number of terminal acetylenes is 1. The van der Waals surface area contributed by atoms with Crippen molar-refractivity contribution in [2.45, 2.75) is 31.8 Å². The molecule has 0 amide bonds. The zero-order chi connectivity index (χ0) is 9.26. The largest absolute Gasteiger partial charge is 0.303 e. The zero-order valence-corrected chi connectivity index (χ0v) is 8.29. The number of rotatable bonds is 2. The highest BCUT2D eigenvalue weighted by Crippen LogP contribution is 2.27. The first-order valence-electron chi connectivity index (χ1n) is 5.24. The third kappa shape index (κ3) is 1.87. The summed E-state index contributed by atoms with van der Waals surface area (Å²) in [7, 11) is 0. The molecule has 1 N–H and O–H groups in total. The molecule has 2 rings (SSSR count). The van der Waals surface area contributed by atoms with Gasteiger partial charge in [0.1, 0.15) is 0 Å². The Bertz CT molecular complexity index is 219. The maximum atomic E-state index is 5.36. The van der Waals surface area contributed by atoms with E-state index in [0.717, 1.165) is 5.92 Å². The zero-order valence-electron chi connectivity index (χ0n) is 8.29. The van der Waals surface area contributed by atoms with Crippen LogP contribution in [0.4, 0.5) is 0 Å². The van der Waals surface area contributed by atoms with Crippen LogP contribution < -0.4 is 5.32 Å². The molecule has 72 valence electrons. The minimum absolute atomic E-state index is 0.233. The normalized spacial score (nSPS) is 39.8. The third-order valence-electron chi connectivity index (χ3n) is 3.35. The number of fused-ring (bicyclic) bond motifs is 2. The summed E-state index contributed by atoms with van der Waals surface area (Å²) in [6.45, 7) is 5.91. The van der Waals surface area contributed by atoms with E-state index in [0.29, 0.717) is 6.04 Å². The van der Waals surface area contributed by atoms with Gasteiger partial charge in [0.2, 0.25) is 0 Å². The summed E-state index contributed by atoms with van der Waals surface area (Å²) in [6.07, 6.45) is 7.99. The van der Waals surface area contributed by atoms with Crippen LogP contribution in [0.15, 0.2) is 0 Å². The highest BCUT2D eigenvalue weighted by atomic mass is 15.2. The topological polar surface area (TPSA) is 15.3 Å². The Labute approximate surface area is 80.7 Å². The predicted octanol–water partition coefficient (Wildman–Crippen LogP) is 0.692. The Hall–Kier alpha value is -0.520. The van der Waals surface area contributed by atoms with Gasteiger partial charge in [-0.25, -0.2) is 0 Å². The van der Waals surface area contributed by atoms with E-state index < -0.39 is 0 Å². The molecule has 2 aliphatic rings. The van der Waals surface area contributed by atoms with Gasteiger partial charge >= 0.3 is 0 Å². The standard InChI is InChI=1S/C11H18N2/c1-3-9(2)12-11-5-7-13-6-4-10(11)8-13/h1,9-12H,4-8H2,2H3. The van der Waals surface area contributed by atoms with E-state index in [-0.39, 0.29) is 6.04 Å². The minimum Gasteiger partial charge on any atom is -0.303 e. The molecule has 4 atom stereocenters. The van der Waals surface area contributed by atoms with Crippen molar-refractivity contribution >= 4 is 0 Å². The maximum Gasteiger partial charge on any atom is 0.0660 e. The molecular weight excluding hydrogens is 160 g/mol. The Morgan fingerprint density at radius 1 is 1.46 bits per heavy atom. The SMILES string of the molecule is C#CC(C)NC1CCN2CCC1C2. The minimum atomic E-state index is 0.233. The van der Waals surface area contributed by atoms with Crippen LogP contribution in [0, 0.1) is 18.3 Å². The van der Waals surface area contributed by atoms with Gasteiger partial charge < -0.3 is 10.2 Å². The lowest BCUT2D eigenvalue weighted by molar-refractivity contribution is 0.218. The number of piperidine rings is 1. The first-order chi connectivity index (χ1) is 6.29. The van der Waals surface area contributed by atoms with Crippen LogP contribution in [0.25, 0.3) is 0 Å². The number of nitrogens with zero attached hydrogens (tertiary/aromatic N) is 1. The van der Waals surface area contributed by atoms with Gasteiger partial charge in [0, 0.05) is 12.6 Å². The summed E-state index contributed by atoms with van der Waals surface area (Å²) in [6, 6.07) is 0.905. The highest BCUT2D eigenvalue weighted by molar-refractivity contribution is 5.00. The summed E-state index contributed by atoms with van der Waals surface area (Å²) >= 11 is 0. The van der Waals surface area contributed by atoms with Crippen LogP contribution in [0.5, 0.6) is 0 Å². The molecule has 0 aromatic carbocycles. The predicted molar refractivity (Wildman–Crippen MR) is 54.4 cm³/mol. The van der Waals surface area contributed by atoms with Crippen LogP contribution in [-0.2, 0) is 0 Å². The van der Waals surface area contributed by atoms with Crippen LogP contribution in [0.1, 0.15) is 19.8 Å². The molecule has 0 saturated carbocycles. The summed E-state index contributed by atoms with van der Waals surface area (Å²) in [5, 5.41) is 3.53. The average Bonchev–Trinajstić information content (AvgIpc) is 2.54. The van der Waals surface area contributed by atoms with Crippen molar-refractivity contribution in [3.63, 3.8) is 0 Å². The molecule has 2 aliphatic heterocycles. The van der Waals surface area contributed by atoms with Gasteiger partial charge in [-0.15, -0.1) is 6.42 Å². The van der Waals surface area contributed by atoms with E-state index in [9.17, 15) is 0 Å². The van der Waals surface area contributed by atoms with Crippen LogP contribution in [0.2, 0.25) is 0 Å². The average molecular weight is 178 g/mol. The summed E-state index contributed by atoms with van der Waals surface area (Å²) < 4.78 is 0. The van der Waals surface area contributed by atoms with Crippen molar-refractivity contribution in [2.24, 2.45) is 5.92 Å². The highest BCUT2D eigenvalue weighted by Gasteiger charge is 2.34. The molecule has 2 fully saturated rings. The van der Waals surface area contributed by atoms with E-state index in [1.807, 2.05) is 0 Å². The van der Waals surface area contributed by atoms with Gasteiger partial charge in [-0.2, -0.15) is 0 Å². The fraction of sp³-hybridized carbons (Fsp3) is 0.818. The van der Waals surface area contributed by atoms with Gasteiger partial charge in [0.25, 0.3) is 0 Å². The van der Waals surface area contributed by atoms with Gasteiger partial charge in [-0.05, 0) is 38.8 Å². The lowest BCUT2D eigenvalue weighted by Crippen LogP contribution is -2.46. The van der Waals surface area contributed by atoms with Crippen molar-refractivity contribution in [3.8, 4) is 12.3 Å². The quantitative estimate of drug-likeness (QED) is 0.626. The maximum absolute atomic E-state index is 5.36. The second-order valence-corrected chi connectivity index (χ2v) is 4.30. The van der Waals surface area contributed by atoms with Crippen molar-refractivity contribution in [3.05, 3.63) is 0 Å². The van der Waals surface area contributed by atoms with E-state index in [4.69, 9.17) is 6.42 Å². The van der Waals surface area contributed by atoms with Gasteiger partial charge in [0.15, 0.2) is 0 Å².